The van der Waals surface area contributed by atoms with Gasteiger partial charge >= 0.3 is 0 Å². The number of para-hydroxylation sites is 1. The zero-order valence-corrected chi connectivity index (χ0v) is 17.5. The first-order valence-corrected chi connectivity index (χ1v) is 10.4. The second-order valence-electron chi connectivity index (χ2n) is 6.72. The second-order valence-corrected chi connectivity index (χ2v) is 8.13. The van der Waals surface area contributed by atoms with Gasteiger partial charge in [0, 0.05) is 22.7 Å². The van der Waals surface area contributed by atoms with Crippen molar-refractivity contribution in [1.29, 1.82) is 0 Å². The number of nitrogens with one attached hydrogen (secondary N) is 2. The van der Waals surface area contributed by atoms with Gasteiger partial charge in [0.2, 0.25) is 5.91 Å². The van der Waals surface area contributed by atoms with Gasteiger partial charge in [-0.3, -0.25) is 19.7 Å². The molecule has 7 nitrogen and oxygen atoms in total. The van der Waals surface area contributed by atoms with Crippen molar-refractivity contribution in [2.45, 2.75) is 23.1 Å². The third-order valence-corrected chi connectivity index (χ3v) is 5.56. The van der Waals surface area contributed by atoms with Crippen molar-refractivity contribution in [3.05, 3.63) is 101 Å². The van der Waals surface area contributed by atoms with Crippen molar-refractivity contribution >= 4 is 35.0 Å². The first-order valence-electron chi connectivity index (χ1n) is 9.56. The van der Waals surface area contributed by atoms with Crippen LogP contribution in [0.15, 0.2) is 89.8 Å². The summed E-state index contributed by atoms with van der Waals surface area (Å²) in [5, 5.41) is 15.9. The summed E-state index contributed by atoms with van der Waals surface area (Å²) in [4.78, 5) is 36.8. The molecular weight excluding hydrogens is 414 g/mol. The number of hydrogen-bond acceptors (Lipinski definition) is 5. The fourth-order valence-corrected chi connectivity index (χ4v) is 3.72. The van der Waals surface area contributed by atoms with Crippen LogP contribution in [0.4, 0.5) is 11.4 Å². The maximum Gasteiger partial charge on any atom is 0.269 e. The summed E-state index contributed by atoms with van der Waals surface area (Å²) in [7, 11) is 0. The summed E-state index contributed by atoms with van der Waals surface area (Å²) in [6.45, 7) is 1.72. The zero-order valence-electron chi connectivity index (χ0n) is 16.7. The van der Waals surface area contributed by atoms with E-state index in [9.17, 15) is 19.7 Å². The molecule has 0 bridgehead atoms. The first kappa shape index (κ1) is 22.0. The quantitative estimate of drug-likeness (QED) is 0.307. The third-order valence-electron chi connectivity index (χ3n) is 4.45. The monoisotopic (exact) mass is 435 g/mol. The molecule has 0 spiro atoms. The Morgan fingerprint density at radius 2 is 1.45 bits per heavy atom. The van der Waals surface area contributed by atoms with Gasteiger partial charge in [-0.15, -0.1) is 11.8 Å². The number of amides is 2. The molecule has 0 fully saturated rings. The molecule has 3 aromatic carbocycles. The summed E-state index contributed by atoms with van der Waals surface area (Å²) in [5.41, 5.74) is 1.29. The Hall–Kier alpha value is -3.65. The number of non-ortho nitro benzene ring substituents is 1. The van der Waals surface area contributed by atoms with E-state index in [-0.39, 0.29) is 17.5 Å². The highest BCUT2D eigenvalue weighted by atomic mass is 32.2. The van der Waals surface area contributed by atoms with Crippen LogP contribution in [0.5, 0.6) is 0 Å². The number of thioether (sulfide) groups is 1. The van der Waals surface area contributed by atoms with Crippen LogP contribution in [-0.2, 0) is 9.59 Å². The largest absolute Gasteiger partial charge is 0.340 e. The van der Waals surface area contributed by atoms with Crippen molar-refractivity contribution in [1.82, 2.24) is 5.32 Å². The van der Waals surface area contributed by atoms with Gasteiger partial charge in [-0.2, -0.15) is 0 Å². The normalized spacial score (nSPS) is 12.4. The SMILES string of the molecule is CC(Sc1ccc([N+](=O)[O-])cc1)C(=O)NC(C(=O)Nc1ccccc1)c1ccccc1. The molecule has 8 heteroatoms. The molecule has 0 aliphatic carbocycles. The Labute approximate surface area is 184 Å². The van der Waals surface area contributed by atoms with Crippen molar-refractivity contribution in [3.8, 4) is 0 Å². The number of rotatable bonds is 8. The van der Waals surface area contributed by atoms with Crippen LogP contribution in [-0.4, -0.2) is 22.0 Å². The van der Waals surface area contributed by atoms with Crippen LogP contribution in [0.3, 0.4) is 0 Å². The molecule has 31 heavy (non-hydrogen) atoms. The van der Waals surface area contributed by atoms with Gasteiger partial charge in [0.05, 0.1) is 10.2 Å². The lowest BCUT2D eigenvalue weighted by Crippen LogP contribution is -2.40. The molecule has 158 valence electrons. The van der Waals surface area contributed by atoms with Gasteiger partial charge in [-0.05, 0) is 36.8 Å². The lowest BCUT2D eigenvalue weighted by Gasteiger charge is -2.21. The van der Waals surface area contributed by atoms with E-state index in [4.69, 9.17) is 0 Å². The van der Waals surface area contributed by atoms with Crippen molar-refractivity contribution in [2.24, 2.45) is 0 Å². The molecule has 3 rings (SSSR count). The average Bonchev–Trinajstić information content (AvgIpc) is 2.78. The minimum Gasteiger partial charge on any atom is -0.340 e. The topological polar surface area (TPSA) is 101 Å². The van der Waals surface area contributed by atoms with Gasteiger partial charge < -0.3 is 10.6 Å². The van der Waals surface area contributed by atoms with Crippen LogP contribution in [0, 0.1) is 10.1 Å². The second kappa shape index (κ2) is 10.4. The Morgan fingerprint density at radius 3 is 2.03 bits per heavy atom. The minimum absolute atomic E-state index is 0.0109. The lowest BCUT2D eigenvalue weighted by molar-refractivity contribution is -0.384. The summed E-state index contributed by atoms with van der Waals surface area (Å²) in [5.74, 6) is -0.668. The number of carbonyl (C=O) groups is 2. The molecule has 2 unspecified atom stereocenters. The number of nitrogens with zero attached hydrogens (tertiary/aromatic N) is 1. The summed E-state index contributed by atoms with van der Waals surface area (Å²) >= 11 is 1.26. The lowest BCUT2D eigenvalue weighted by atomic mass is 10.1. The molecule has 2 N–H and O–H groups in total. The van der Waals surface area contributed by atoms with E-state index >= 15 is 0 Å². The highest BCUT2D eigenvalue weighted by Gasteiger charge is 2.25. The Balaban J connectivity index is 1.71. The third kappa shape index (κ3) is 6.16. The van der Waals surface area contributed by atoms with Gasteiger partial charge in [0.15, 0.2) is 0 Å². The van der Waals surface area contributed by atoms with Crippen molar-refractivity contribution in [3.63, 3.8) is 0 Å². The van der Waals surface area contributed by atoms with Crippen molar-refractivity contribution < 1.29 is 14.5 Å². The van der Waals surface area contributed by atoms with Crippen LogP contribution >= 0.6 is 11.8 Å². The van der Waals surface area contributed by atoms with E-state index in [0.717, 1.165) is 4.90 Å². The molecule has 0 aliphatic heterocycles. The van der Waals surface area contributed by atoms with Gasteiger partial charge in [0.1, 0.15) is 6.04 Å². The average molecular weight is 436 g/mol. The minimum atomic E-state index is -0.867. The Bertz CT molecular complexity index is 1040. The molecule has 0 aliphatic rings. The number of carbonyl (C=O) groups excluding carboxylic acids is 2. The maximum atomic E-state index is 12.9. The van der Waals surface area contributed by atoms with E-state index in [2.05, 4.69) is 10.6 Å². The standard InChI is InChI=1S/C23H21N3O4S/c1-16(31-20-14-12-19(13-15-20)26(29)30)22(27)25-21(17-8-4-2-5-9-17)23(28)24-18-10-6-3-7-11-18/h2-16,21H,1H3,(H,24,28)(H,25,27). The molecular formula is C23H21N3O4S. The molecule has 0 radical (unpaired) electrons. The van der Waals surface area contributed by atoms with E-state index < -0.39 is 16.2 Å². The molecule has 3 aromatic rings. The highest BCUT2D eigenvalue weighted by Crippen LogP contribution is 2.26. The van der Waals surface area contributed by atoms with Gasteiger partial charge in [0.25, 0.3) is 11.6 Å². The fraction of sp³-hybridized carbons (Fsp3) is 0.130. The Kier molecular flexibility index (Phi) is 7.40. The number of hydrogen-bond donors (Lipinski definition) is 2. The number of nitro benzene ring substituents is 1. The number of benzene rings is 3. The number of anilines is 1. The molecule has 0 heterocycles. The summed E-state index contributed by atoms with van der Waals surface area (Å²) in [6, 6.07) is 23.2. The molecule has 2 atom stereocenters. The van der Waals surface area contributed by atoms with Crippen LogP contribution in [0.2, 0.25) is 0 Å². The van der Waals surface area contributed by atoms with E-state index in [1.807, 2.05) is 24.3 Å². The summed E-state index contributed by atoms with van der Waals surface area (Å²) in [6.07, 6.45) is 0. The number of nitro groups is 1. The van der Waals surface area contributed by atoms with Crippen LogP contribution < -0.4 is 10.6 Å². The highest BCUT2D eigenvalue weighted by molar-refractivity contribution is 8.00. The molecule has 0 saturated carbocycles. The zero-order chi connectivity index (χ0) is 22.2. The summed E-state index contributed by atoms with van der Waals surface area (Å²) < 4.78 is 0. The first-order chi connectivity index (χ1) is 14.9. The van der Waals surface area contributed by atoms with E-state index in [1.54, 1.807) is 55.5 Å². The predicted molar refractivity (Wildman–Crippen MR) is 121 cm³/mol. The van der Waals surface area contributed by atoms with E-state index in [0.29, 0.717) is 11.3 Å². The Morgan fingerprint density at radius 1 is 0.871 bits per heavy atom. The van der Waals surface area contributed by atoms with Crippen molar-refractivity contribution in [2.75, 3.05) is 5.32 Å². The van der Waals surface area contributed by atoms with Crippen LogP contribution in [0.25, 0.3) is 0 Å². The molecule has 2 amide bonds. The van der Waals surface area contributed by atoms with Gasteiger partial charge in [-0.1, -0.05) is 48.5 Å². The smallest absolute Gasteiger partial charge is 0.269 e. The van der Waals surface area contributed by atoms with Crippen LogP contribution in [0.1, 0.15) is 18.5 Å². The molecule has 0 aromatic heterocycles. The maximum absolute atomic E-state index is 12.9. The molecule has 0 saturated heterocycles. The van der Waals surface area contributed by atoms with Gasteiger partial charge in [-0.25, -0.2) is 0 Å². The fourth-order valence-electron chi connectivity index (χ4n) is 2.85. The predicted octanol–water partition coefficient (Wildman–Crippen LogP) is 4.57. The van der Waals surface area contributed by atoms with E-state index in [1.165, 1.54) is 23.9 Å².